The van der Waals surface area contributed by atoms with Crippen LogP contribution >= 0.6 is 22.9 Å². The summed E-state index contributed by atoms with van der Waals surface area (Å²) in [7, 11) is 0. The summed E-state index contributed by atoms with van der Waals surface area (Å²) in [6.07, 6.45) is 3.61. The van der Waals surface area contributed by atoms with Gasteiger partial charge in [0.15, 0.2) is 0 Å². The molecule has 0 saturated heterocycles. The lowest BCUT2D eigenvalue weighted by Crippen LogP contribution is -2.53. The minimum atomic E-state index is -0.512. The number of aromatic nitrogens is 2. The van der Waals surface area contributed by atoms with Crippen LogP contribution in [0.25, 0.3) is 0 Å². The van der Waals surface area contributed by atoms with Crippen LogP contribution in [-0.4, -0.2) is 33.4 Å². The van der Waals surface area contributed by atoms with E-state index in [1.807, 2.05) is 0 Å². The molecule has 0 bridgehead atoms. The molecular weight excluding hydrogens is 274 g/mol. The van der Waals surface area contributed by atoms with Gasteiger partial charge in [0.1, 0.15) is 0 Å². The molecule has 18 heavy (non-hydrogen) atoms. The number of halogens is 1. The van der Waals surface area contributed by atoms with Crippen LogP contribution in [-0.2, 0) is 0 Å². The molecule has 0 atom stereocenters. The first-order valence-corrected chi connectivity index (χ1v) is 7.16. The van der Waals surface area contributed by atoms with E-state index in [-0.39, 0.29) is 22.0 Å². The number of carbonyl (C=O) groups is 1. The molecule has 0 unspecified atom stereocenters. The highest BCUT2D eigenvalue weighted by atomic mass is 35.5. The molecule has 1 fully saturated rings. The van der Waals surface area contributed by atoms with Gasteiger partial charge in [-0.1, -0.05) is 18.3 Å². The second-order valence-electron chi connectivity index (χ2n) is 4.94. The molecule has 0 radical (unpaired) electrons. The largest absolute Gasteiger partial charge is 0.394 e. The molecule has 1 aromatic rings. The molecular formula is C11H16ClN3O2S. The van der Waals surface area contributed by atoms with E-state index in [1.165, 1.54) is 0 Å². The molecule has 5 nitrogen and oxygen atoms in total. The molecule has 1 aliphatic rings. The number of nitrogens with one attached hydrogen (secondary N) is 1. The Kier molecular flexibility index (Phi) is 4.19. The van der Waals surface area contributed by atoms with E-state index in [4.69, 9.17) is 11.6 Å². The Labute approximate surface area is 115 Å². The summed E-state index contributed by atoms with van der Waals surface area (Å²) in [5, 5.41) is 20.0. The molecule has 2 rings (SSSR count). The minimum absolute atomic E-state index is 0.0437. The van der Waals surface area contributed by atoms with Crippen LogP contribution in [0.4, 0.5) is 0 Å². The molecule has 0 aromatic carbocycles. The summed E-state index contributed by atoms with van der Waals surface area (Å²) >= 11 is 6.69. The first kappa shape index (κ1) is 13.7. The highest BCUT2D eigenvalue weighted by Gasteiger charge is 2.35. The standard InChI is InChI=1S/C11H16ClN3O2S/c1-7-2-4-11(6-16,5-3-7)13-8(17)9-14-15-10(12)18-9/h7,16H,2-6H2,1H3,(H,13,17). The van der Waals surface area contributed by atoms with Gasteiger partial charge in [-0.05, 0) is 43.2 Å². The number of amides is 1. The molecule has 7 heteroatoms. The van der Waals surface area contributed by atoms with E-state index in [9.17, 15) is 9.90 Å². The second kappa shape index (κ2) is 5.50. The van der Waals surface area contributed by atoms with E-state index in [0.29, 0.717) is 5.92 Å². The van der Waals surface area contributed by atoms with Crippen molar-refractivity contribution >= 4 is 28.8 Å². The number of rotatable bonds is 3. The fourth-order valence-electron chi connectivity index (χ4n) is 2.23. The molecule has 1 saturated carbocycles. The number of aliphatic hydroxyl groups excluding tert-OH is 1. The van der Waals surface area contributed by atoms with Crippen molar-refractivity contribution in [1.29, 1.82) is 0 Å². The Balaban J connectivity index is 2.04. The SMILES string of the molecule is CC1CCC(CO)(NC(=O)c2nnc(Cl)s2)CC1. The molecule has 0 spiro atoms. The fourth-order valence-corrected chi connectivity index (χ4v) is 2.95. The van der Waals surface area contributed by atoms with Crippen LogP contribution in [0.2, 0.25) is 4.47 Å². The van der Waals surface area contributed by atoms with Gasteiger partial charge in [-0.3, -0.25) is 4.79 Å². The van der Waals surface area contributed by atoms with Crippen molar-refractivity contribution in [3.8, 4) is 0 Å². The van der Waals surface area contributed by atoms with Gasteiger partial charge in [0.05, 0.1) is 12.1 Å². The van der Waals surface area contributed by atoms with Gasteiger partial charge < -0.3 is 10.4 Å². The van der Waals surface area contributed by atoms with E-state index in [2.05, 4.69) is 22.4 Å². The lowest BCUT2D eigenvalue weighted by Gasteiger charge is -2.38. The highest BCUT2D eigenvalue weighted by Crippen LogP contribution is 2.32. The quantitative estimate of drug-likeness (QED) is 0.891. The van der Waals surface area contributed by atoms with E-state index in [0.717, 1.165) is 37.0 Å². The molecule has 100 valence electrons. The van der Waals surface area contributed by atoms with Crippen molar-refractivity contribution in [3.05, 3.63) is 9.47 Å². The molecule has 1 aromatic heterocycles. The van der Waals surface area contributed by atoms with Crippen molar-refractivity contribution in [2.75, 3.05) is 6.61 Å². The number of hydrogen-bond acceptors (Lipinski definition) is 5. The van der Waals surface area contributed by atoms with Crippen LogP contribution < -0.4 is 5.32 Å². The van der Waals surface area contributed by atoms with Crippen LogP contribution in [0.5, 0.6) is 0 Å². The smallest absolute Gasteiger partial charge is 0.282 e. The number of carbonyl (C=O) groups excluding carboxylic acids is 1. The Hall–Kier alpha value is -0.720. The minimum Gasteiger partial charge on any atom is -0.394 e. The maximum Gasteiger partial charge on any atom is 0.282 e. The summed E-state index contributed by atoms with van der Waals surface area (Å²) in [4.78, 5) is 12.0. The van der Waals surface area contributed by atoms with Crippen LogP contribution in [0.3, 0.4) is 0 Å². The molecule has 0 aliphatic heterocycles. The first-order valence-electron chi connectivity index (χ1n) is 5.97. The van der Waals surface area contributed by atoms with Crippen molar-refractivity contribution in [3.63, 3.8) is 0 Å². The van der Waals surface area contributed by atoms with Gasteiger partial charge in [0, 0.05) is 0 Å². The summed E-state index contributed by atoms with van der Waals surface area (Å²) in [6, 6.07) is 0. The average molecular weight is 290 g/mol. The Morgan fingerprint density at radius 1 is 1.56 bits per heavy atom. The van der Waals surface area contributed by atoms with Gasteiger partial charge in [-0.2, -0.15) is 0 Å². The summed E-state index contributed by atoms with van der Waals surface area (Å²) in [5.41, 5.74) is -0.512. The van der Waals surface area contributed by atoms with E-state index >= 15 is 0 Å². The third-order valence-electron chi connectivity index (χ3n) is 3.51. The van der Waals surface area contributed by atoms with E-state index in [1.54, 1.807) is 0 Å². The summed E-state index contributed by atoms with van der Waals surface area (Å²) in [5.74, 6) is 0.348. The predicted octanol–water partition coefficient (Wildman–Crippen LogP) is 1.86. The lowest BCUT2D eigenvalue weighted by molar-refractivity contribution is 0.0716. The fraction of sp³-hybridized carbons (Fsp3) is 0.727. The van der Waals surface area contributed by atoms with Crippen molar-refractivity contribution in [1.82, 2.24) is 15.5 Å². The number of hydrogen-bond donors (Lipinski definition) is 2. The zero-order valence-electron chi connectivity index (χ0n) is 10.1. The van der Waals surface area contributed by atoms with Gasteiger partial charge in [0.25, 0.3) is 5.91 Å². The predicted molar refractivity (Wildman–Crippen MR) is 69.8 cm³/mol. The van der Waals surface area contributed by atoms with Crippen molar-refractivity contribution < 1.29 is 9.90 Å². The Bertz CT molecular complexity index is 430. The van der Waals surface area contributed by atoms with Gasteiger partial charge in [-0.15, -0.1) is 10.2 Å². The van der Waals surface area contributed by atoms with Crippen LogP contribution in [0.15, 0.2) is 0 Å². The third-order valence-corrected chi connectivity index (χ3v) is 4.52. The number of aliphatic hydroxyl groups is 1. The zero-order chi connectivity index (χ0) is 13.2. The van der Waals surface area contributed by atoms with Crippen LogP contribution in [0.1, 0.15) is 42.4 Å². The Morgan fingerprint density at radius 3 is 2.72 bits per heavy atom. The monoisotopic (exact) mass is 289 g/mol. The summed E-state index contributed by atoms with van der Waals surface area (Å²) in [6.45, 7) is 2.14. The Morgan fingerprint density at radius 2 is 2.22 bits per heavy atom. The maximum absolute atomic E-state index is 12.0. The molecule has 2 N–H and O–H groups in total. The zero-order valence-corrected chi connectivity index (χ0v) is 11.7. The first-order chi connectivity index (χ1) is 8.54. The average Bonchev–Trinajstić information content (AvgIpc) is 2.79. The lowest BCUT2D eigenvalue weighted by atomic mass is 9.77. The van der Waals surface area contributed by atoms with Crippen molar-refractivity contribution in [2.24, 2.45) is 5.92 Å². The van der Waals surface area contributed by atoms with E-state index < -0.39 is 5.54 Å². The second-order valence-corrected chi connectivity index (χ2v) is 6.49. The molecule has 1 aliphatic carbocycles. The number of nitrogens with zero attached hydrogens (tertiary/aromatic N) is 2. The topological polar surface area (TPSA) is 75.1 Å². The molecule has 1 heterocycles. The van der Waals surface area contributed by atoms with Gasteiger partial charge in [0.2, 0.25) is 9.47 Å². The highest BCUT2D eigenvalue weighted by molar-refractivity contribution is 7.17. The maximum atomic E-state index is 12.0. The van der Waals surface area contributed by atoms with Crippen molar-refractivity contribution in [2.45, 2.75) is 38.1 Å². The molecule has 1 amide bonds. The van der Waals surface area contributed by atoms with Gasteiger partial charge in [-0.25, -0.2) is 0 Å². The summed E-state index contributed by atoms with van der Waals surface area (Å²) < 4.78 is 0.246. The third kappa shape index (κ3) is 2.99. The van der Waals surface area contributed by atoms with Crippen LogP contribution in [0, 0.1) is 5.92 Å². The normalized spacial score (nSPS) is 28.1. The van der Waals surface area contributed by atoms with Gasteiger partial charge >= 0.3 is 0 Å².